The molecule has 1 aromatic heterocycles. The SMILES string of the molecule is CN=C(NCc1ccc(N2CC(C)OC(C)C2)nc1)NCC(C)(C)N1CCOCC1.I. The lowest BCUT2D eigenvalue weighted by atomic mass is 10.0. The van der Waals surface area contributed by atoms with E-state index in [1.165, 1.54) is 0 Å². The first-order valence-electron chi connectivity index (χ1n) is 11.0. The third-order valence-electron chi connectivity index (χ3n) is 5.79. The quantitative estimate of drug-likeness (QED) is 0.322. The molecule has 176 valence electrons. The van der Waals surface area contributed by atoms with E-state index in [0.29, 0.717) is 6.54 Å². The number of ether oxygens (including phenoxy) is 2. The highest BCUT2D eigenvalue weighted by Gasteiger charge is 2.28. The summed E-state index contributed by atoms with van der Waals surface area (Å²) in [7, 11) is 1.80. The molecule has 0 saturated carbocycles. The smallest absolute Gasteiger partial charge is 0.191 e. The number of nitrogens with zero attached hydrogens (tertiary/aromatic N) is 4. The van der Waals surface area contributed by atoms with Gasteiger partial charge in [0.05, 0.1) is 25.4 Å². The van der Waals surface area contributed by atoms with Crippen molar-refractivity contribution in [2.24, 2.45) is 4.99 Å². The zero-order chi connectivity index (χ0) is 21.6. The summed E-state index contributed by atoms with van der Waals surface area (Å²) in [5.41, 5.74) is 1.17. The molecule has 0 radical (unpaired) electrons. The molecule has 3 rings (SSSR count). The monoisotopic (exact) mass is 546 g/mol. The van der Waals surface area contributed by atoms with Gasteiger partial charge in [-0.15, -0.1) is 24.0 Å². The summed E-state index contributed by atoms with van der Waals surface area (Å²) in [5, 5.41) is 6.86. The van der Waals surface area contributed by atoms with Crippen LogP contribution < -0.4 is 15.5 Å². The maximum Gasteiger partial charge on any atom is 0.191 e. The van der Waals surface area contributed by atoms with E-state index in [4.69, 9.17) is 9.47 Å². The molecule has 2 atom stereocenters. The van der Waals surface area contributed by atoms with Crippen LogP contribution in [0.25, 0.3) is 0 Å². The van der Waals surface area contributed by atoms with Gasteiger partial charge < -0.3 is 25.0 Å². The predicted molar refractivity (Wildman–Crippen MR) is 137 cm³/mol. The number of rotatable bonds is 6. The molecule has 0 amide bonds. The van der Waals surface area contributed by atoms with Gasteiger partial charge in [0, 0.05) is 58.1 Å². The normalized spacial score (nSPS) is 23.3. The maximum atomic E-state index is 5.82. The lowest BCUT2D eigenvalue weighted by Gasteiger charge is -2.41. The van der Waals surface area contributed by atoms with Gasteiger partial charge >= 0.3 is 0 Å². The number of pyridine rings is 1. The van der Waals surface area contributed by atoms with Crippen molar-refractivity contribution in [2.75, 3.05) is 57.9 Å². The van der Waals surface area contributed by atoms with Crippen LogP contribution in [0.4, 0.5) is 5.82 Å². The van der Waals surface area contributed by atoms with Crippen LogP contribution in [0.5, 0.6) is 0 Å². The standard InChI is InChI=1S/C22H38N6O2.HI/c1-17-14-27(15-18(2)30-17)20-7-6-19(12-24-20)13-25-21(23-5)26-16-22(3,4)28-8-10-29-11-9-28;/h6-7,12,17-18H,8-11,13-16H2,1-5H3,(H2,23,25,26);1H. The summed E-state index contributed by atoms with van der Waals surface area (Å²) < 4.78 is 11.3. The summed E-state index contributed by atoms with van der Waals surface area (Å²) in [6.45, 7) is 15.6. The largest absolute Gasteiger partial charge is 0.379 e. The summed E-state index contributed by atoms with van der Waals surface area (Å²) in [6.07, 6.45) is 2.40. The van der Waals surface area contributed by atoms with Crippen molar-refractivity contribution in [1.29, 1.82) is 0 Å². The van der Waals surface area contributed by atoms with Crippen molar-refractivity contribution in [3.8, 4) is 0 Å². The van der Waals surface area contributed by atoms with Gasteiger partial charge in [0.15, 0.2) is 5.96 Å². The molecule has 2 aliphatic heterocycles. The average molecular weight is 546 g/mol. The molecule has 2 aliphatic rings. The summed E-state index contributed by atoms with van der Waals surface area (Å²) in [6, 6.07) is 4.23. The van der Waals surface area contributed by atoms with Crippen LogP contribution in [0.15, 0.2) is 23.3 Å². The molecule has 1 aromatic rings. The van der Waals surface area contributed by atoms with Gasteiger partial charge in [-0.05, 0) is 39.3 Å². The Kier molecular flexibility index (Phi) is 10.2. The Labute approximate surface area is 204 Å². The van der Waals surface area contributed by atoms with E-state index in [1.807, 2.05) is 6.20 Å². The summed E-state index contributed by atoms with van der Waals surface area (Å²) >= 11 is 0. The van der Waals surface area contributed by atoms with Crippen molar-refractivity contribution < 1.29 is 9.47 Å². The molecule has 2 N–H and O–H groups in total. The van der Waals surface area contributed by atoms with E-state index in [-0.39, 0.29) is 41.7 Å². The van der Waals surface area contributed by atoms with E-state index in [9.17, 15) is 0 Å². The van der Waals surface area contributed by atoms with Gasteiger partial charge in [-0.2, -0.15) is 0 Å². The highest BCUT2D eigenvalue weighted by atomic mass is 127. The Morgan fingerprint density at radius 1 is 1.16 bits per heavy atom. The second kappa shape index (κ2) is 12.2. The second-order valence-corrected chi connectivity index (χ2v) is 8.88. The first-order chi connectivity index (χ1) is 14.4. The first-order valence-corrected chi connectivity index (χ1v) is 11.0. The molecule has 9 heteroatoms. The van der Waals surface area contributed by atoms with Crippen LogP contribution in [0, 0.1) is 0 Å². The van der Waals surface area contributed by atoms with Crippen molar-refractivity contribution in [3.05, 3.63) is 23.9 Å². The highest BCUT2D eigenvalue weighted by molar-refractivity contribution is 14.0. The summed E-state index contributed by atoms with van der Waals surface area (Å²) in [5.74, 6) is 1.81. The zero-order valence-electron chi connectivity index (χ0n) is 19.6. The van der Waals surface area contributed by atoms with E-state index in [2.05, 4.69) is 70.2 Å². The fraction of sp³-hybridized carbons (Fsp3) is 0.727. The number of anilines is 1. The molecule has 31 heavy (non-hydrogen) atoms. The van der Waals surface area contributed by atoms with Crippen LogP contribution in [-0.2, 0) is 16.0 Å². The van der Waals surface area contributed by atoms with E-state index >= 15 is 0 Å². The molecule has 0 aromatic carbocycles. The predicted octanol–water partition coefficient (Wildman–Crippen LogP) is 2.09. The zero-order valence-corrected chi connectivity index (χ0v) is 21.9. The molecule has 2 saturated heterocycles. The van der Waals surface area contributed by atoms with Crippen LogP contribution in [0.3, 0.4) is 0 Å². The van der Waals surface area contributed by atoms with Gasteiger partial charge in [-0.1, -0.05) is 6.07 Å². The third kappa shape index (κ3) is 7.73. The fourth-order valence-electron chi connectivity index (χ4n) is 4.06. The highest BCUT2D eigenvalue weighted by Crippen LogP contribution is 2.18. The van der Waals surface area contributed by atoms with E-state index in [0.717, 1.165) is 63.3 Å². The molecular weight excluding hydrogens is 507 g/mol. The molecule has 2 unspecified atom stereocenters. The molecule has 2 fully saturated rings. The van der Waals surface area contributed by atoms with Crippen LogP contribution in [-0.4, -0.2) is 86.6 Å². The molecule has 3 heterocycles. The van der Waals surface area contributed by atoms with Gasteiger partial charge in [0.1, 0.15) is 5.82 Å². The lowest BCUT2D eigenvalue weighted by molar-refractivity contribution is -0.00834. The Bertz CT molecular complexity index is 684. The molecular formula is C22H39IN6O2. The topological polar surface area (TPSA) is 74.2 Å². The van der Waals surface area contributed by atoms with Gasteiger partial charge in [-0.25, -0.2) is 4.98 Å². The van der Waals surface area contributed by atoms with Crippen LogP contribution in [0.1, 0.15) is 33.3 Å². The Hall–Kier alpha value is -1.17. The van der Waals surface area contributed by atoms with Gasteiger partial charge in [0.25, 0.3) is 0 Å². The van der Waals surface area contributed by atoms with Crippen molar-refractivity contribution in [1.82, 2.24) is 20.5 Å². The Morgan fingerprint density at radius 3 is 2.42 bits per heavy atom. The minimum atomic E-state index is 0. The molecule has 0 bridgehead atoms. The molecule has 0 aliphatic carbocycles. The Balaban J connectivity index is 0.00000341. The number of aromatic nitrogens is 1. The minimum Gasteiger partial charge on any atom is -0.379 e. The maximum absolute atomic E-state index is 5.82. The van der Waals surface area contributed by atoms with Gasteiger partial charge in [-0.3, -0.25) is 9.89 Å². The summed E-state index contributed by atoms with van der Waals surface area (Å²) in [4.78, 5) is 13.8. The van der Waals surface area contributed by atoms with Crippen LogP contribution >= 0.6 is 24.0 Å². The number of nitrogens with one attached hydrogen (secondary N) is 2. The van der Waals surface area contributed by atoms with Crippen molar-refractivity contribution in [2.45, 2.75) is 52.0 Å². The molecule has 8 nitrogen and oxygen atoms in total. The lowest BCUT2D eigenvalue weighted by Crippen LogP contribution is -2.56. The third-order valence-corrected chi connectivity index (χ3v) is 5.79. The number of morpholine rings is 2. The number of guanidine groups is 1. The van der Waals surface area contributed by atoms with E-state index < -0.39 is 0 Å². The number of halogens is 1. The Morgan fingerprint density at radius 2 is 1.84 bits per heavy atom. The number of hydrogen-bond donors (Lipinski definition) is 2. The number of hydrogen-bond acceptors (Lipinski definition) is 6. The number of aliphatic imine (C=N–C) groups is 1. The van der Waals surface area contributed by atoms with Crippen molar-refractivity contribution >= 4 is 35.8 Å². The molecule has 0 spiro atoms. The van der Waals surface area contributed by atoms with Gasteiger partial charge in [0.2, 0.25) is 0 Å². The average Bonchev–Trinajstić information content (AvgIpc) is 2.74. The fourth-order valence-corrected chi connectivity index (χ4v) is 4.06. The second-order valence-electron chi connectivity index (χ2n) is 8.88. The first kappa shape index (κ1) is 26.1. The minimum absolute atomic E-state index is 0. The van der Waals surface area contributed by atoms with Crippen LogP contribution in [0.2, 0.25) is 0 Å². The van der Waals surface area contributed by atoms with E-state index in [1.54, 1.807) is 7.05 Å². The van der Waals surface area contributed by atoms with Crippen molar-refractivity contribution in [3.63, 3.8) is 0 Å².